The Morgan fingerprint density at radius 2 is 1.85 bits per heavy atom. The molecule has 0 unspecified atom stereocenters. The molecule has 6 nitrogen and oxygen atoms in total. The van der Waals surface area contributed by atoms with Crippen molar-refractivity contribution in [3.63, 3.8) is 0 Å². The molecule has 1 aromatic carbocycles. The highest BCUT2D eigenvalue weighted by Gasteiger charge is 2.42. The van der Waals surface area contributed by atoms with E-state index < -0.39 is 0 Å². The number of carbonyl (C=O) groups excluding carboxylic acids is 1. The molecule has 2 fully saturated rings. The van der Waals surface area contributed by atoms with Gasteiger partial charge in [0.1, 0.15) is 5.75 Å². The van der Waals surface area contributed by atoms with Gasteiger partial charge in [-0.2, -0.15) is 0 Å². The van der Waals surface area contributed by atoms with Crippen LogP contribution in [0.1, 0.15) is 24.8 Å². The summed E-state index contributed by atoms with van der Waals surface area (Å²) >= 11 is 0. The molecule has 0 aliphatic carbocycles. The molecule has 0 N–H and O–H groups in total. The molecule has 2 aliphatic heterocycles. The van der Waals surface area contributed by atoms with Crippen molar-refractivity contribution < 1.29 is 14.3 Å². The molecular formula is C21H33N3O3. The summed E-state index contributed by atoms with van der Waals surface area (Å²) in [6.07, 6.45) is 2.59. The highest BCUT2D eigenvalue weighted by atomic mass is 16.5. The minimum absolute atomic E-state index is 0.0855. The van der Waals surface area contributed by atoms with Crippen molar-refractivity contribution >= 4 is 5.91 Å². The normalized spacial score (nSPS) is 25.0. The Hall–Kier alpha value is -1.63. The van der Waals surface area contributed by atoms with Crippen LogP contribution < -0.4 is 4.74 Å². The molecule has 6 heteroatoms. The molecule has 3 rings (SSSR count). The van der Waals surface area contributed by atoms with E-state index >= 15 is 0 Å². The zero-order valence-electron chi connectivity index (χ0n) is 16.9. The highest BCUT2D eigenvalue weighted by Crippen LogP contribution is 2.32. The van der Waals surface area contributed by atoms with Crippen LogP contribution in [0.3, 0.4) is 0 Å². The van der Waals surface area contributed by atoms with E-state index in [1.54, 1.807) is 14.2 Å². The van der Waals surface area contributed by atoms with Crippen LogP contribution in [-0.4, -0.2) is 86.7 Å². The lowest BCUT2D eigenvalue weighted by molar-refractivity contribution is -0.131. The second-order valence-electron chi connectivity index (χ2n) is 7.83. The molecule has 2 saturated heterocycles. The summed E-state index contributed by atoms with van der Waals surface area (Å²) in [5.41, 5.74) is 1.39. The average Bonchev–Trinajstić information content (AvgIpc) is 2.84. The minimum atomic E-state index is 0.0855. The van der Waals surface area contributed by atoms with Gasteiger partial charge in [0.25, 0.3) is 0 Å². The number of hydrogen-bond donors (Lipinski definition) is 0. The van der Waals surface area contributed by atoms with Crippen molar-refractivity contribution in [3.8, 4) is 5.75 Å². The smallest absolute Gasteiger partial charge is 0.222 e. The summed E-state index contributed by atoms with van der Waals surface area (Å²) in [5.74, 6) is 1.16. The van der Waals surface area contributed by atoms with E-state index in [4.69, 9.17) is 9.47 Å². The van der Waals surface area contributed by atoms with Crippen LogP contribution in [-0.2, 0) is 16.1 Å². The predicted octanol–water partition coefficient (Wildman–Crippen LogP) is 1.84. The van der Waals surface area contributed by atoms with Crippen molar-refractivity contribution in [2.24, 2.45) is 0 Å². The Balaban J connectivity index is 1.65. The number of nitrogens with zero attached hydrogens (tertiary/aromatic N) is 3. The number of likely N-dealkylation sites (tertiary alicyclic amines) is 1. The third-order valence-corrected chi connectivity index (χ3v) is 6.21. The number of benzene rings is 1. The lowest BCUT2D eigenvalue weighted by Gasteiger charge is -2.49. The largest absolute Gasteiger partial charge is 0.497 e. The quantitative estimate of drug-likeness (QED) is 0.759. The number of amides is 1. The van der Waals surface area contributed by atoms with Gasteiger partial charge in [0, 0.05) is 58.3 Å². The number of methoxy groups -OCH3 is 2. The SMILES string of the molecule is COCCN1CC[C@]2(CCC1=O)CN(Cc1ccc(OC)cc1)CCN2C. The molecule has 0 aromatic heterocycles. The fourth-order valence-electron chi connectivity index (χ4n) is 4.34. The molecule has 1 aromatic rings. The molecule has 1 spiro atoms. The van der Waals surface area contributed by atoms with Crippen molar-refractivity contribution in [1.29, 1.82) is 0 Å². The summed E-state index contributed by atoms with van der Waals surface area (Å²) in [5, 5.41) is 0. The highest BCUT2D eigenvalue weighted by molar-refractivity contribution is 5.76. The van der Waals surface area contributed by atoms with Gasteiger partial charge in [-0.1, -0.05) is 12.1 Å². The van der Waals surface area contributed by atoms with Gasteiger partial charge in [-0.25, -0.2) is 0 Å². The van der Waals surface area contributed by atoms with Crippen LogP contribution in [0.15, 0.2) is 24.3 Å². The molecule has 0 radical (unpaired) electrons. The van der Waals surface area contributed by atoms with Gasteiger partial charge in [0.2, 0.25) is 5.91 Å². The standard InChI is InChI=1S/C21H33N3O3/c1-22-12-13-23(16-18-4-6-19(27-3)7-5-18)17-21(22)9-8-20(25)24(11-10-21)14-15-26-2/h4-7H,8-17H2,1-3H3/t21-/m1/s1. The topological polar surface area (TPSA) is 45.3 Å². The maximum atomic E-state index is 12.5. The number of ether oxygens (including phenoxy) is 2. The fraction of sp³-hybridized carbons (Fsp3) is 0.667. The number of likely N-dealkylation sites (N-methyl/N-ethyl adjacent to an activating group) is 1. The van der Waals surface area contributed by atoms with E-state index in [0.29, 0.717) is 19.6 Å². The number of rotatable bonds is 6. The minimum Gasteiger partial charge on any atom is -0.497 e. The molecule has 27 heavy (non-hydrogen) atoms. The van der Waals surface area contributed by atoms with Crippen LogP contribution in [0.25, 0.3) is 0 Å². The van der Waals surface area contributed by atoms with Gasteiger partial charge in [-0.05, 0) is 37.6 Å². The first-order valence-electron chi connectivity index (χ1n) is 9.89. The zero-order valence-corrected chi connectivity index (χ0v) is 16.9. The molecule has 1 amide bonds. The zero-order chi connectivity index (χ0) is 19.3. The molecule has 150 valence electrons. The lowest BCUT2D eigenvalue weighted by Crippen LogP contribution is -2.60. The van der Waals surface area contributed by atoms with Crippen molar-refractivity contribution in [2.75, 3.05) is 60.6 Å². The van der Waals surface area contributed by atoms with Gasteiger partial charge < -0.3 is 14.4 Å². The summed E-state index contributed by atoms with van der Waals surface area (Å²) in [6.45, 7) is 6.20. The molecule has 0 bridgehead atoms. The monoisotopic (exact) mass is 375 g/mol. The van der Waals surface area contributed by atoms with Crippen molar-refractivity contribution in [3.05, 3.63) is 29.8 Å². The predicted molar refractivity (Wildman–Crippen MR) is 106 cm³/mol. The maximum Gasteiger partial charge on any atom is 0.222 e. The van der Waals surface area contributed by atoms with Crippen LogP contribution in [0.4, 0.5) is 0 Å². The Morgan fingerprint density at radius 3 is 2.56 bits per heavy atom. The molecule has 2 heterocycles. The lowest BCUT2D eigenvalue weighted by atomic mass is 9.86. The Morgan fingerprint density at radius 1 is 1.07 bits per heavy atom. The number of piperazine rings is 1. The first kappa shape index (κ1) is 20.1. The van der Waals surface area contributed by atoms with Crippen LogP contribution in [0.2, 0.25) is 0 Å². The van der Waals surface area contributed by atoms with E-state index in [1.165, 1.54) is 5.56 Å². The van der Waals surface area contributed by atoms with Crippen LogP contribution in [0, 0.1) is 0 Å². The van der Waals surface area contributed by atoms with Gasteiger partial charge >= 0.3 is 0 Å². The molecular weight excluding hydrogens is 342 g/mol. The third-order valence-electron chi connectivity index (χ3n) is 6.21. The Kier molecular flexibility index (Phi) is 6.73. The molecule has 2 aliphatic rings. The van der Waals surface area contributed by atoms with Gasteiger partial charge in [0.05, 0.1) is 13.7 Å². The van der Waals surface area contributed by atoms with Gasteiger partial charge in [0.15, 0.2) is 0 Å². The second kappa shape index (κ2) is 9.04. The molecule has 1 atom stereocenters. The Bertz CT molecular complexity index is 622. The molecule has 0 saturated carbocycles. The summed E-state index contributed by atoms with van der Waals surface area (Å²) in [7, 11) is 5.61. The van der Waals surface area contributed by atoms with Gasteiger partial charge in [-0.15, -0.1) is 0 Å². The van der Waals surface area contributed by atoms with Crippen LogP contribution in [0.5, 0.6) is 5.75 Å². The average molecular weight is 376 g/mol. The fourth-order valence-corrected chi connectivity index (χ4v) is 4.34. The van der Waals surface area contributed by atoms with Crippen LogP contribution >= 0.6 is 0 Å². The third kappa shape index (κ3) is 4.81. The summed E-state index contributed by atoms with van der Waals surface area (Å²) in [6, 6.07) is 8.35. The first-order valence-corrected chi connectivity index (χ1v) is 9.89. The van der Waals surface area contributed by atoms with Crippen molar-refractivity contribution in [2.45, 2.75) is 31.3 Å². The maximum absolute atomic E-state index is 12.5. The number of hydrogen-bond acceptors (Lipinski definition) is 5. The van der Waals surface area contributed by atoms with E-state index in [-0.39, 0.29) is 11.4 Å². The van der Waals surface area contributed by atoms with Gasteiger partial charge in [-0.3, -0.25) is 14.6 Å². The van der Waals surface area contributed by atoms with Crippen molar-refractivity contribution in [1.82, 2.24) is 14.7 Å². The summed E-state index contributed by atoms with van der Waals surface area (Å²) < 4.78 is 10.4. The van der Waals surface area contributed by atoms with E-state index in [2.05, 4.69) is 29.0 Å². The van der Waals surface area contributed by atoms with E-state index in [1.807, 2.05) is 17.0 Å². The second-order valence-corrected chi connectivity index (χ2v) is 7.83. The number of carbonyl (C=O) groups is 1. The first-order chi connectivity index (χ1) is 13.1. The van der Waals surface area contributed by atoms with E-state index in [9.17, 15) is 4.79 Å². The summed E-state index contributed by atoms with van der Waals surface area (Å²) in [4.78, 5) is 19.5. The Labute approximate surface area is 163 Å². The van der Waals surface area contributed by atoms with E-state index in [0.717, 1.165) is 51.3 Å².